The summed E-state index contributed by atoms with van der Waals surface area (Å²) in [6.07, 6.45) is -3.05. The molecule has 1 unspecified atom stereocenters. The van der Waals surface area contributed by atoms with E-state index in [0.717, 1.165) is 0 Å². The van der Waals surface area contributed by atoms with Gasteiger partial charge in [0.2, 0.25) is 0 Å². The van der Waals surface area contributed by atoms with Gasteiger partial charge in [-0.2, -0.15) is 8.42 Å². The molecule has 0 aliphatic rings. The van der Waals surface area contributed by atoms with Crippen molar-refractivity contribution in [3.05, 3.63) is 0 Å². The summed E-state index contributed by atoms with van der Waals surface area (Å²) in [4.78, 5) is 0. The summed E-state index contributed by atoms with van der Waals surface area (Å²) in [6, 6.07) is 0. The molecule has 0 bridgehead atoms. The lowest BCUT2D eigenvalue weighted by Crippen LogP contribution is -2.34. The Balaban J connectivity index is 3.79. The molecule has 0 radical (unpaired) electrons. The molecule has 8 heteroatoms. The standard InChI is InChI=1S/C4H10O7S/c5-1-3(6)4(7)2-11-12(8,9)10/h3-7H,1-2H2,(H,8,9,10)/t3-,4?/m0/s1. The Labute approximate surface area is 69.2 Å². The first-order valence-corrected chi connectivity index (χ1v) is 4.32. The minimum Gasteiger partial charge on any atom is -0.394 e. The van der Waals surface area contributed by atoms with Crippen LogP contribution in [0.2, 0.25) is 0 Å². The van der Waals surface area contributed by atoms with Gasteiger partial charge in [0.1, 0.15) is 12.2 Å². The molecule has 0 aromatic rings. The zero-order chi connectivity index (χ0) is 9.78. The van der Waals surface area contributed by atoms with Crippen LogP contribution >= 0.6 is 0 Å². The Morgan fingerprint density at radius 2 is 1.75 bits per heavy atom. The SMILES string of the molecule is O=S(=O)(O)OCC(O)[C@@H](O)CO. The second-order valence-electron chi connectivity index (χ2n) is 2.03. The predicted octanol–water partition coefficient (Wildman–Crippen LogP) is -2.48. The highest BCUT2D eigenvalue weighted by Gasteiger charge is 2.18. The van der Waals surface area contributed by atoms with Gasteiger partial charge in [0.05, 0.1) is 13.2 Å². The lowest BCUT2D eigenvalue weighted by Gasteiger charge is -2.13. The monoisotopic (exact) mass is 202 g/mol. The van der Waals surface area contributed by atoms with Crippen LogP contribution in [-0.2, 0) is 14.6 Å². The van der Waals surface area contributed by atoms with Gasteiger partial charge in [-0.25, -0.2) is 4.18 Å². The quantitative estimate of drug-likeness (QED) is 0.364. The number of aliphatic hydroxyl groups excluding tert-OH is 3. The average molecular weight is 202 g/mol. The molecule has 0 saturated heterocycles. The minimum absolute atomic E-state index is 0.726. The van der Waals surface area contributed by atoms with Crippen molar-refractivity contribution in [1.82, 2.24) is 0 Å². The normalized spacial score (nSPS) is 17.3. The number of rotatable bonds is 5. The maximum atomic E-state index is 9.92. The van der Waals surface area contributed by atoms with Crippen molar-refractivity contribution in [2.75, 3.05) is 13.2 Å². The zero-order valence-electron chi connectivity index (χ0n) is 5.99. The van der Waals surface area contributed by atoms with E-state index in [4.69, 9.17) is 19.9 Å². The summed E-state index contributed by atoms with van der Waals surface area (Å²) in [5.41, 5.74) is 0. The smallest absolute Gasteiger partial charge is 0.394 e. The molecule has 74 valence electrons. The number of hydrogen-bond acceptors (Lipinski definition) is 6. The van der Waals surface area contributed by atoms with Gasteiger partial charge >= 0.3 is 10.4 Å². The fraction of sp³-hybridized carbons (Fsp3) is 1.00. The third kappa shape index (κ3) is 5.41. The number of hydrogen-bond donors (Lipinski definition) is 4. The van der Waals surface area contributed by atoms with Gasteiger partial charge in [-0.3, -0.25) is 4.55 Å². The van der Waals surface area contributed by atoms with Crippen LogP contribution in [0, 0.1) is 0 Å². The van der Waals surface area contributed by atoms with E-state index in [0.29, 0.717) is 0 Å². The predicted molar refractivity (Wildman–Crippen MR) is 36.6 cm³/mol. The highest BCUT2D eigenvalue weighted by atomic mass is 32.3. The molecule has 0 aromatic heterocycles. The fourth-order valence-electron chi connectivity index (χ4n) is 0.388. The first-order valence-electron chi connectivity index (χ1n) is 2.95. The Morgan fingerprint density at radius 3 is 2.08 bits per heavy atom. The van der Waals surface area contributed by atoms with Crippen molar-refractivity contribution in [1.29, 1.82) is 0 Å². The van der Waals surface area contributed by atoms with Crippen molar-refractivity contribution in [2.24, 2.45) is 0 Å². The largest absolute Gasteiger partial charge is 0.397 e. The average Bonchev–Trinajstić information content (AvgIpc) is 1.97. The maximum Gasteiger partial charge on any atom is 0.397 e. The summed E-state index contributed by atoms with van der Waals surface area (Å²) in [7, 11) is -4.61. The Bertz CT molecular complexity index is 209. The van der Waals surface area contributed by atoms with E-state index in [1.165, 1.54) is 0 Å². The molecule has 0 amide bonds. The molecule has 0 saturated carbocycles. The summed E-state index contributed by atoms with van der Waals surface area (Å²) in [6.45, 7) is -1.53. The fourth-order valence-corrected chi connectivity index (χ4v) is 0.700. The van der Waals surface area contributed by atoms with Gasteiger partial charge in [0, 0.05) is 0 Å². The highest BCUT2D eigenvalue weighted by Crippen LogP contribution is 1.96. The molecule has 12 heavy (non-hydrogen) atoms. The summed E-state index contributed by atoms with van der Waals surface area (Å²) >= 11 is 0. The van der Waals surface area contributed by atoms with Crippen molar-refractivity contribution in [3.8, 4) is 0 Å². The Kier molecular flexibility index (Phi) is 4.60. The van der Waals surface area contributed by atoms with E-state index in [2.05, 4.69) is 4.18 Å². The molecule has 0 spiro atoms. The van der Waals surface area contributed by atoms with Gasteiger partial charge in [0.25, 0.3) is 0 Å². The second kappa shape index (κ2) is 4.70. The van der Waals surface area contributed by atoms with Crippen molar-refractivity contribution in [2.45, 2.75) is 12.2 Å². The third-order valence-corrected chi connectivity index (χ3v) is 1.45. The topological polar surface area (TPSA) is 124 Å². The van der Waals surface area contributed by atoms with E-state index in [1.54, 1.807) is 0 Å². The Morgan fingerprint density at radius 1 is 1.25 bits per heavy atom. The van der Waals surface area contributed by atoms with Gasteiger partial charge in [0.15, 0.2) is 0 Å². The molecule has 0 fully saturated rings. The van der Waals surface area contributed by atoms with Crippen molar-refractivity contribution in [3.63, 3.8) is 0 Å². The van der Waals surface area contributed by atoms with E-state index >= 15 is 0 Å². The first-order chi connectivity index (χ1) is 5.37. The van der Waals surface area contributed by atoms with Crippen LogP contribution < -0.4 is 0 Å². The summed E-state index contributed by atoms with van der Waals surface area (Å²) < 4.78 is 31.6. The van der Waals surface area contributed by atoms with Gasteiger partial charge < -0.3 is 15.3 Å². The van der Waals surface area contributed by atoms with Crippen molar-refractivity contribution < 1.29 is 32.5 Å². The zero-order valence-corrected chi connectivity index (χ0v) is 6.81. The molecule has 0 heterocycles. The van der Waals surface area contributed by atoms with Crippen LogP contribution in [0.5, 0.6) is 0 Å². The molecule has 0 aliphatic carbocycles. The molecular formula is C4H10O7S. The van der Waals surface area contributed by atoms with Crippen LogP contribution in [0.3, 0.4) is 0 Å². The number of aliphatic hydroxyl groups is 3. The summed E-state index contributed by atoms with van der Waals surface area (Å²) in [5, 5.41) is 25.7. The van der Waals surface area contributed by atoms with Crippen molar-refractivity contribution >= 4 is 10.4 Å². The first kappa shape index (κ1) is 11.8. The van der Waals surface area contributed by atoms with Crippen LogP contribution in [0.15, 0.2) is 0 Å². The summed E-state index contributed by atoms with van der Waals surface area (Å²) in [5.74, 6) is 0. The van der Waals surface area contributed by atoms with E-state index < -0.39 is 35.8 Å². The van der Waals surface area contributed by atoms with Crippen LogP contribution in [-0.4, -0.2) is 53.7 Å². The lowest BCUT2D eigenvalue weighted by molar-refractivity contribution is -0.0344. The minimum atomic E-state index is -4.61. The van der Waals surface area contributed by atoms with E-state index in [9.17, 15) is 8.42 Å². The highest BCUT2D eigenvalue weighted by molar-refractivity contribution is 7.80. The van der Waals surface area contributed by atoms with Gasteiger partial charge in [-0.05, 0) is 0 Å². The molecule has 0 aromatic carbocycles. The van der Waals surface area contributed by atoms with Crippen LogP contribution in [0.25, 0.3) is 0 Å². The second-order valence-corrected chi connectivity index (χ2v) is 3.12. The Hall–Kier alpha value is -0.250. The van der Waals surface area contributed by atoms with Gasteiger partial charge in [-0.1, -0.05) is 0 Å². The van der Waals surface area contributed by atoms with Crippen LogP contribution in [0.1, 0.15) is 0 Å². The molecule has 0 rings (SSSR count). The van der Waals surface area contributed by atoms with E-state index in [1.807, 2.05) is 0 Å². The molecule has 7 nitrogen and oxygen atoms in total. The molecule has 2 atom stereocenters. The third-order valence-electron chi connectivity index (χ3n) is 1.02. The molecule has 4 N–H and O–H groups in total. The molecular weight excluding hydrogens is 192 g/mol. The van der Waals surface area contributed by atoms with E-state index in [-0.39, 0.29) is 0 Å². The lowest BCUT2D eigenvalue weighted by atomic mass is 10.2. The van der Waals surface area contributed by atoms with Gasteiger partial charge in [-0.15, -0.1) is 0 Å². The molecule has 0 aliphatic heterocycles. The maximum absolute atomic E-state index is 9.92. The van der Waals surface area contributed by atoms with Crippen LogP contribution in [0.4, 0.5) is 0 Å².